The van der Waals surface area contributed by atoms with Crippen molar-refractivity contribution in [2.75, 3.05) is 19.7 Å². The van der Waals surface area contributed by atoms with Gasteiger partial charge < -0.3 is 15.3 Å². The third-order valence-corrected chi connectivity index (χ3v) is 4.12. The number of benzene rings is 1. The molecule has 1 saturated heterocycles. The predicted molar refractivity (Wildman–Crippen MR) is 78.3 cm³/mol. The Bertz CT molecular complexity index is 507. The zero-order chi connectivity index (χ0) is 14.5. The Morgan fingerprint density at radius 1 is 1.40 bits per heavy atom. The Morgan fingerprint density at radius 3 is 2.85 bits per heavy atom. The van der Waals surface area contributed by atoms with E-state index in [1.165, 1.54) is 0 Å². The summed E-state index contributed by atoms with van der Waals surface area (Å²) in [7, 11) is 0. The van der Waals surface area contributed by atoms with Gasteiger partial charge in [0.1, 0.15) is 0 Å². The second-order valence-electron chi connectivity index (χ2n) is 4.73. The van der Waals surface area contributed by atoms with Crippen LogP contribution in [0.1, 0.15) is 23.2 Å². The highest BCUT2D eigenvalue weighted by Crippen LogP contribution is 2.17. The highest BCUT2D eigenvalue weighted by Gasteiger charge is 2.27. The molecule has 0 aliphatic carbocycles. The molecular weight excluding hydrogens is 324 g/mol. The van der Waals surface area contributed by atoms with Gasteiger partial charge in [0.2, 0.25) is 5.91 Å². The van der Waals surface area contributed by atoms with Crippen molar-refractivity contribution in [2.45, 2.75) is 18.9 Å². The van der Waals surface area contributed by atoms with Gasteiger partial charge in [-0.25, -0.2) is 0 Å². The predicted octanol–water partition coefficient (Wildman–Crippen LogP) is 1.16. The average molecular weight is 341 g/mol. The van der Waals surface area contributed by atoms with Gasteiger partial charge in [-0.05, 0) is 40.9 Å². The van der Waals surface area contributed by atoms with Crippen LogP contribution in [0.25, 0.3) is 0 Å². The molecule has 1 fully saturated rings. The Labute approximate surface area is 126 Å². The van der Waals surface area contributed by atoms with E-state index in [9.17, 15) is 14.7 Å². The Kier molecular flexibility index (Phi) is 5.14. The first-order valence-electron chi connectivity index (χ1n) is 6.56. The third kappa shape index (κ3) is 3.37. The Balaban J connectivity index is 1.90. The van der Waals surface area contributed by atoms with E-state index in [2.05, 4.69) is 21.2 Å². The lowest BCUT2D eigenvalue weighted by Crippen LogP contribution is -2.43. The number of nitrogens with one attached hydrogen (secondary N) is 1. The summed E-state index contributed by atoms with van der Waals surface area (Å²) in [4.78, 5) is 25.6. The first-order valence-corrected chi connectivity index (χ1v) is 7.36. The molecule has 0 aromatic heterocycles. The van der Waals surface area contributed by atoms with Gasteiger partial charge in [0.05, 0.1) is 24.8 Å². The fraction of sp³-hybridized carbons (Fsp3) is 0.429. The number of carbonyl (C=O) groups excluding carboxylic acids is 2. The van der Waals surface area contributed by atoms with E-state index in [0.29, 0.717) is 16.6 Å². The Morgan fingerprint density at radius 2 is 2.15 bits per heavy atom. The molecule has 1 heterocycles. The Hall–Kier alpha value is -1.40. The van der Waals surface area contributed by atoms with Crippen molar-refractivity contribution in [3.05, 3.63) is 34.3 Å². The molecule has 6 heteroatoms. The number of rotatable bonds is 4. The van der Waals surface area contributed by atoms with Gasteiger partial charge in [-0.2, -0.15) is 0 Å². The van der Waals surface area contributed by atoms with Gasteiger partial charge >= 0.3 is 0 Å². The highest BCUT2D eigenvalue weighted by molar-refractivity contribution is 9.10. The van der Waals surface area contributed by atoms with E-state index in [0.717, 1.165) is 12.8 Å². The summed E-state index contributed by atoms with van der Waals surface area (Å²) >= 11 is 3.30. The lowest BCUT2D eigenvalue weighted by molar-refractivity contribution is -0.131. The number of halogens is 1. The molecule has 2 amide bonds. The maximum atomic E-state index is 12.0. The van der Waals surface area contributed by atoms with Crippen LogP contribution in [0.2, 0.25) is 0 Å². The van der Waals surface area contributed by atoms with E-state index in [4.69, 9.17) is 0 Å². The van der Waals surface area contributed by atoms with Crippen molar-refractivity contribution in [1.82, 2.24) is 10.2 Å². The number of nitrogens with zero attached hydrogens (tertiary/aromatic N) is 1. The van der Waals surface area contributed by atoms with Crippen LogP contribution in [0, 0.1) is 0 Å². The summed E-state index contributed by atoms with van der Waals surface area (Å²) in [5.41, 5.74) is 0.500. The van der Waals surface area contributed by atoms with Crippen LogP contribution >= 0.6 is 15.9 Å². The molecular formula is C14H17BrN2O3. The minimum absolute atomic E-state index is 0.0239. The SMILES string of the molecule is O=C(NCC(=O)N1CCC[C@H]1CO)c1ccccc1Br. The third-order valence-electron chi connectivity index (χ3n) is 3.43. The van der Waals surface area contributed by atoms with Gasteiger partial charge in [0.15, 0.2) is 0 Å². The highest BCUT2D eigenvalue weighted by atomic mass is 79.9. The normalized spacial score (nSPS) is 18.1. The number of aliphatic hydroxyl groups is 1. The standard InChI is InChI=1S/C14H17BrN2O3/c15-12-6-2-1-5-11(12)14(20)16-8-13(19)17-7-3-4-10(17)9-18/h1-2,5-6,10,18H,3-4,7-9H2,(H,16,20)/t10-/m0/s1. The molecule has 20 heavy (non-hydrogen) atoms. The molecule has 0 unspecified atom stereocenters. The van der Waals surface area contributed by atoms with Crippen LogP contribution in [0.4, 0.5) is 0 Å². The number of aliphatic hydroxyl groups excluding tert-OH is 1. The zero-order valence-electron chi connectivity index (χ0n) is 11.0. The number of hydrogen-bond acceptors (Lipinski definition) is 3. The van der Waals surface area contributed by atoms with Crippen molar-refractivity contribution in [1.29, 1.82) is 0 Å². The van der Waals surface area contributed by atoms with Crippen LogP contribution in [0.15, 0.2) is 28.7 Å². The van der Waals surface area contributed by atoms with Gasteiger partial charge in [0, 0.05) is 11.0 Å². The molecule has 0 bridgehead atoms. The van der Waals surface area contributed by atoms with Crippen molar-refractivity contribution in [3.8, 4) is 0 Å². The molecule has 5 nitrogen and oxygen atoms in total. The number of amides is 2. The first kappa shape index (κ1) is 15.0. The summed E-state index contributed by atoms with van der Waals surface area (Å²) in [6.45, 7) is 0.579. The maximum Gasteiger partial charge on any atom is 0.252 e. The van der Waals surface area contributed by atoms with Gasteiger partial charge in [0.25, 0.3) is 5.91 Å². The van der Waals surface area contributed by atoms with Crippen LogP contribution < -0.4 is 5.32 Å². The van der Waals surface area contributed by atoms with E-state index < -0.39 is 0 Å². The van der Waals surface area contributed by atoms with Crippen LogP contribution in [0.3, 0.4) is 0 Å². The van der Waals surface area contributed by atoms with Crippen LogP contribution in [-0.4, -0.2) is 47.6 Å². The summed E-state index contributed by atoms with van der Waals surface area (Å²) in [5.74, 6) is -0.437. The average Bonchev–Trinajstić information content (AvgIpc) is 2.93. The molecule has 0 spiro atoms. The first-order chi connectivity index (χ1) is 9.63. The van der Waals surface area contributed by atoms with E-state index in [-0.39, 0.29) is 31.0 Å². The minimum atomic E-state index is -0.287. The fourth-order valence-corrected chi connectivity index (χ4v) is 2.82. The lowest BCUT2D eigenvalue weighted by Gasteiger charge is -2.23. The fourth-order valence-electron chi connectivity index (χ4n) is 2.35. The summed E-state index contributed by atoms with van der Waals surface area (Å²) in [6.07, 6.45) is 1.72. The maximum absolute atomic E-state index is 12.0. The monoisotopic (exact) mass is 340 g/mol. The topological polar surface area (TPSA) is 69.6 Å². The largest absolute Gasteiger partial charge is 0.394 e. The molecule has 108 valence electrons. The molecule has 2 N–H and O–H groups in total. The van der Waals surface area contributed by atoms with Gasteiger partial charge in [-0.3, -0.25) is 9.59 Å². The summed E-state index contributed by atoms with van der Waals surface area (Å²) in [6, 6.07) is 6.95. The summed E-state index contributed by atoms with van der Waals surface area (Å²) in [5, 5.41) is 11.8. The molecule has 1 atom stereocenters. The second-order valence-corrected chi connectivity index (χ2v) is 5.58. The molecule has 1 aliphatic rings. The molecule has 0 radical (unpaired) electrons. The van der Waals surface area contributed by atoms with Crippen LogP contribution in [0.5, 0.6) is 0 Å². The van der Waals surface area contributed by atoms with Crippen molar-refractivity contribution < 1.29 is 14.7 Å². The number of hydrogen-bond donors (Lipinski definition) is 2. The van der Waals surface area contributed by atoms with E-state index in [1.807, 2.05) is 6.07 Å². The van der Waals surface area contributed by atoms with E-state index in [1.54, 1.807) is 23.1 Å². The molecule has 1 aromatic carbocycles. The quantitative estimate of drug-likeness (QED) is 0.864. The molecule has 1 aliphatic heterocycles. The van der Waals surface area contributed by atoms with Gasteiger partial charge in [-0.1, -0.05) is 12.1 Å². The van der Waals surface area contributed by atoms with Crippen molar-refractivity contribution in [3.63, 3.8) is 0 Å². The smallest absolute Gasteiger partial charge is 0.252 e. The summed E-state index contributed by atoms with van der Waals surface area (Å²) < 4.78 is 0.694. The lowest BCUT2D eigenvalue weighted by atomic mass is 10.2. The zero-order valence-corrected chi connectivity index (χ0v) is 12.6. The van der Waals surface area contributed by atoms with Crippen molar-refractivity contribution in [2.24, 2.45) is 0 Å². The van der Waals surface area contributed by atoms with Crippen LogP contribution in [-0.2, 0) is 4.79 Å². The second kappa shape index (κ2) is 6.85. The molecule has 0 saturated carbocycles. The number of likely N-dealkylation sites (tertiary alicyclic amines) is 1. The molecule has 2 rings (SSSR count). The minimum Gasteiger partial charge on any atom is -0.394 e. The molecule has 1 aromatic rings. The van der Waals surface area contributed by atoms with Crippen molar-refractivity contribution >= 4 is 27.7 Å². The van der Waals surface area contributed by atoms with E-state index >= 15 is 0 Å². The number of carbonyl (C=O) groups is 2. The van der Waals surface area contributed by atoms with Gasteiger partial charge in [-0.15, -0.1) is 0 Å².